The van der Waals surface area contributed by atoms with Crippen LogP contribution in [0.15, 0.2) is 59.5 Å². The molecule has 0 aliphatic heterocycles. The Kier molecular flexibility index (Phi) is 7.67. The van der Waals surface area contributed by atoms with Crippen molar-refractivity contribution < 1.29 is 9.53 Å². The van der Waals surface area contributed by atoms with E-state index in [0.717, 1.165) is 44.7 Å². The summed E-state index contributed by atoms with van der Waals surface area (Å²) in [7, 11) is 1.67. The molecule has 0 unspecified atom stereocenters. The molecule has 0 saturated carbocycles. The summed E-state index contributed by atoms with van der Waals surface area (Å²) < 4.78 is 8.26. The van der Waals surface area contributed by atoms with Gasteiger partial charge in [-0.05, 0) is 68.5 Å². The van der Waals surface area contributed by atoms with Gasteiger partial charge < -0.3 is 4.74 Å². The normalized spacial score (nSPS) is 11.1. The van der Waals surface area contributed by atoms with Crippen molar-refractivity contribution >= 4 is 44.4 Å². The molecule has 33 heavy (non-hydrogen) atoms. The molecule has 8 heteroatoms. The molecule has 172 valence electrons. The number of ether oxygens (including phenoxy) is 1. The zero-order valence-corrected chi connectivity index (χ0v) is 20.8. The fourth-order valence-corrected chi connectivity index (χ4v) is 5.48. The highest BCUT2D eigenvalue weighted by Crippen LogP contribution is 2.29. The number of thiazole rings is 1. The molecule has 2 aromatic heterocycles. The Morgan fingerprint density at radius 3 is 2.64 bits per heavy atom. The Balaban J connectivity index is 1.41. The number of benzene rings is 2. The summed E-state index contributed by atoms with van der Waals surface area (Å²) in [5.74, 6) is 1.83. The second kappa shape index (κ2) is 10.9. The van der Waals surface area contributed by atoms with Crippen molar-refractivity contribution in [2.45, 2.75) is 38.1 Å². The van der Waals surface area contributed by atoms with Crippen molar-refractivity contribution in [1.29, 1.82) is 0 Å². The van der Waals surface area contributed by atoms with E-state index in [-0.39, 0.29) is 5.91 Å². The average Bonchev–Trinajstić information content (AvgIpc) is 3.39. The molecule has 0 fully saturated rings. The summed E-state index contributed by atoms with van der Waals surface area (Å²) in [5.41, 5.74) is 3.01. The zero-order chi connectivity index (χ0) is 23.2. The van der Waals surface area contributed by atoms with Crippen LogP contribution >= 0.6 is 23.1 Å². The van der Waals surface area contributed by atoms with Crippen LogP contribution in [0.25, 0.3) is 10.2 Å². The van der Waals surface area contributed by atoms with Crippen LogP contribution in [0.1, 0.15) is 24.2 Å². The number of thioether (sulfide) groups is 1. The standard InChI is InChI=1S/C25H28N4O2S2/c1-18-17-19(2)29(27-18)15-14-28(25-26-22-7-4-5-8-23(22)33-25)24(30)9-6-16-32-21-12-10-20(31-3)11-13-21/h4-5,7-8,10-13,17H,6,9,14-16H2,1-3H3. The maximum Gasteiger partial charge on any atom is 0.228 e. The predicted molar refractivity (Wildman–Crippen MR) is 137 cm³/mol. The van der Waals surface area contributed by atoms with Crippen LogP contribution in [0.5, 0.6) is 5.75 Å². The highest BCUT2D eigenvalue weighted by Gasteiger charge is 2.20. The van der Waals surface area contributed by atoms with Gasteiger partial charge in [0.15, 0.2) is 5.13 Å². The lowest BCUT2D eigenvalue weighted by molar-refractivity contribution is -0.118. The molecular weight excluding hydrogens is 452 g/mol. The van der Waals surface area contributed by atoms with Gasteiger partial charge >= 0.3 is 0 Å². The summed E-state index contributed by atoms with van der Waals surface area (Å²) in [6.07, 6.45) is 1.28. The molecule has 0 atom stereocenters. The summed E-state index contributed by atoms with van der Waals surface area (Å²) in [6, 6.07) is 18.1. The lowest BCUT2D eigenvalue weighted by atomic mass is 10.3. The van der Waals surface area contributed by atoms with E-state index in [1.165, 1.54) is 4.90 Å². The molecule has 0 bridgehead atoms. The van der Waals surface area contributed by atoms with E-state index in [4.69, 9.17) is 9.72 Å². The third-order valence-electron chi connectivity index (χ3n) is 5.32. The lowest BCUT2D eigenvalue weighted by Crippen LogP contribution is -2.34. The van der Waals surface area contributed by atoms with Gasteiger partial charge in [0, 0.05) is 23.6 Å². The molecule has 4 rings (SSSR count). The van der Waals surface area contributed by atoms with E-state index in [1.807, 2.05) is 72.0 Å². The first-order chi connectivity index (χ1) is 16.0. The van der Waals surface area contributed by atoms with Gasteiger partial charge in [0.05, 0.1) is 29.6 Å². The van der Waals surface area contributed by atoms with E-state index in [0.29, 0.717) is 19.5 Å². The Morgan fingerprint density at radius 1 is 1.15 bits per heavy atom. The Bertz CT molecular complexity index is 1180. The van der Waals surface area contributed by atoms with Crippen molar-refractivity contribution in [2.75, 3.05) is 24.3 Å². The zero-order valence-electron chi connectivity index (χ0n) is 19.2. The molecule has 2 aromatic carbocycles. The first-order valence-corrected chi connectivity index (χ1v) is 12.8. The third kappa shape index (κ3) is 5.94. The van der Waals surface area contributed by atoms with Gasteiger partial charge in [0.1, 0.15) is 5.75 Å². The lowest BCUT2D eigenvalue weighted by Gasteiger charge is -2.20. The number of para-hydroxylation sites is 1. The molecule has 0 radical (unpaired) electrons. The first kappa shape index (κ1) is 23.3. The maximum atomic E-state index is 13.3. The van der Waals surface area contributed by atoms with E-state index < -0.39 is 0 Å². The van der Waals surface area contributed by atoms with Crippen LogP contribution in [0.4, 0.5) is 5.13 Å². The largest absolute Gasteiger partial charge is 0.497 e. The van der Waals surface area contributed by atoms with Crippen molar-refractivity contribution in [1.82, 2.24) is 14.8 Å². The van der Waals surface area contributed by atoms with E-state index in [1.54, 1.807) is 30.2 Å². The molecule has 0 saturated heterocycles. The fourth-order valence-electron chi connectivity index (χ4n) is 3.62. The molecular formula is C25H28N4O2S2. The number of aryl methyl sites for hydroxylation is 2. The fraction of sp³-hybridized carbons (Fsp3) is 0.320. The van der Waals surface area contributed by atoms with Crippen molar-refractivity contribution in [2.24, 2.45) is 0 Å². The summed E-state index contributed by atoms with van der Waals surface area (Å²) in [6.45, 7) is 5.22. The number of methoxy groups -OCH3 is 1. The van der Waals surface area contributed by atoms with Crippen molar-refractivity contribution in [3.8, 4) is 5.75 Å². The van der Waals surface area contributed by atoms with Crippen LogP contribution in [0.2, 0.25) is 0 Å². The van der Waals surface area contributed by atoms with Gasteiger partial charge in [-0.1, -0.05) is 23.5 Å². The smallest absolute Gasteiger partial charge is 0.228 e. The van der Waals surface area contributed by atoms with Crippen molar-refractivity contribution in [3.05, 3.63) is 66.0 Å². The van der Waals surface area contributed by atoms with E-state index in [9.17, 15) is 4.79 Å². The SMILES string of the molecule is COc1ccc(SCCCC(=O)N(CCn2nc(C)cc2C)c2nc3ccccc3s2)cc1. The number of carbonyl (C=O) groups excluding carboxylic acids is 1. The Morgan fingerprint density at radius 2 is 1.94 bits per heavy atom. The average molecular weight is 481 g/mol. The minimum atomic E-state index is 0.103. The number of anilines is 1. The number of nitrogens with zero attached hydrogens (tertiary/aromatic N) is 4. The quantitative estimate of drug-likeness (QED) is 0.214. The number of amides is 1. The van der Waals surface area contributed by atoms with Gasteiger partial charge in [-0.2, -0.15) is 5.10 Å². The number of rotatable bonds is 10. The van der Waals surface area contributed by atoms with E-state index in [2.05, 4.69) is 11.2 Å². The molecule has 0 spiro atoms. The molecule has 0 aliphatic rings. The van der Waals surface area contributed by atoms with Crippen LogP contribution in [0.3, 0.4) is 0 Å². The van der Waals surface area contributed by atoms with Gasteiger partial charge in [-0.15, -0.1) is 11.8 Å². The Labute approximate surface area is 202 Å². The van der Waals surface area contributed by atoms with Crippen LogP contribution in [-0.4, -0.2) is 40.1 Å². The Hall–Kier alpha value is -2.84. The minimum Gasteiger partial charge on any atom is -0.497 e. The molecule has 0 N–H and O–H groups in total. The number of carbonyl (C=O) groups is 1. The molecule has 4 aromatic rings. The number of fused-ring (bicyclic) bond motifs is 1. The number of hydrogen-bond donors (Lipinski definition) is 0. The second-order valence-electron chi connectivity index (χ2n) is 7.79. The predicted octanol–water partition coefficient (Wildman–Crippen LogP) is 5.72. The molecule has 6 nitrogen and oxygen atoms in total. The maximum absolute atomic E-state index is 13.3. The molecule has 2 heterocycles. The highest BCUT2D eigenvalue weighted by atomic mass is 32.2. The molecule has 1 amide bonds. The topological polar surface area (TPSA) is 60.2 Å². The summed E-state index contributed by atoms with van der Waals surface area (Å²) in [4.78, 5) is 21.0. The molecule has 0 aliphatic carbocycles. The second-order valence-corrected chi connectivity index (χ2v) is 9.96. The van der Waals surface area contributed by atoms with Crippen LogP contribution in [0, 0.1) is 13.8 Å². The summed E-state index contributed by atoms with van der Waals surface area (Å²) >= 11 is 3.32. The van der Waals surface area contributed by atoms with Gasteiger partial charge in [0.25, 0.3) is 0 Å². The van der Waals surface area contributed by atoms with Crippen LogP contribution < -0.4 is 9.64 Å². The summed E-state index contributed by atoms with van der Waals surface area (Å²) in [5, 5.41) is 5.30. The monoisotopic (exact) mass is 480 g/mol. The van der Waals surface area contributed by atoms with Crippen LogP contribution in [-0.2, 0) is 11.3 Å². The minimum absolute atomic E-state index is 0.103. The highest BCUT2D eigenvalue weighted by molar-refractivity contribution is 7.99. The number of aromatic nitrogens is 3. The van der Waals surface area contributed by atoms with Crippen molar-refractivity contribution in [3.63, 3.8) is 0 Å². The van der Waals surface area contributed by atoms with E-state index >= 15 is 0 Å². The van der Waals surface area contributed by atoms with Gasteiger partial charge in [-0.3, -0.25) is 14.4 Å². The number of hydrogen-bond acceptors (Lipinski definition) is 6. The van der Waals surface area contributed by atoms with Gasteiger partial charge in [0.2, 0.25) is 5.91 Å². The third-order valence-corrected chi connectivity index (χ3v) is 7.47. The first-order valence-electron chi connectivity index (χ1n) is 11.0. The van der Waals surface area contributed by atoms with Gasteiger partial charge in [-0.25, -0.2) is 4.98 Å².